The first kappa shape index (κ1) is 14.1. The van der Waals surface area contributed by atoms with Gasteiger partial charge in [-0.05, 0) is 52.1 Å². The number of aromatic nitrogens is 2. The predicted molar refractivity (Wildman–Crippen MR) is 73.3 cm³/mol. The Bertz CT molecular complexity index is 460. The van der Waals surface area contributed by atoms with Gasteiger partial charge in [0.05, 0.1) is 5.69 Å². The topological polar surface area (TPSA) is 56.2 Å². The van der Waals surface area contributed by atoms with Crippen LogP contribution >= 0.6 is 0 Å². The lowest BCUT2D eigenvalue weighted by atomic mass is 9.94. The van der Waals surface area contributed by atoms with Crippen LogP contribution in [0.4, 0.5) is 4.79 Å². The summed E-state index contributed by atoms with van der Waals surface area (Å²) in [7, 11) is 0. The van der Waals surface area contributed by atoms with Gasteiger partial charge >= 0.3 is 6.09 Å². The molecule has 0 fully saturated rings. The molecular formula is C14H23N3O2. The molecule has 1 N–H and O–H groups in total. The number of fused-ring (bicyclic) bond motifs is 1. The summed E-state index contributed by atoms with van der Waals surface area (Å²) < 4.78 is 6.66. The highest BCUT2D eigenvalue weighted by Crippen LogP contribution is 2.20. The molecule has 2 rings (SSSR count). The van der Waals surface area contributed by atoms with Gasteiger partial charge in [0.2, 0.25) is 0 Å². The molecule has 0 amide bonds. The molecule has 1 aromatic rings. The zero-order valence-corrected chi connectivity index (χ0v) is 12.2. The number of nitrogens with zero attached hydrogens (tertiary/aromatic N) is 2. The highest BCUT2D eigenvalue weighted by Gasteiger charge is 2.24. The number of carbonyl (C=O) groups excluding carboxylic acids is 1. The number of ether oxygens (including phenoxy) is 1. The minimum atomic E-state index is -0.490. The van der Waals surface area contributed by atoms with E-state index in [1.54, 1.807) is 0 Å². The van der Waals surface area contributed by atoms with E-state index in [0.29, 0.717) is 6.04 Å². The van der Waals surface area contributed by atoms with Crippen LogP contribution in [-0.2, 0) is 17.6 Å². The van der Waals surface area contributed by atoms with Crippen molar-refractivity contribution < 1.29 is 9.53 Å². The Morgan fingerprint density at radius 3 is 2.95 bits per heavy atom. The average Bonchev–Trinajstić information content (AvgIpc) is 2.70. The molecule has 0 spiro atoms. The quantitative estimate of drug-likeness (QED) is 0.890. The summed E-state index contributed by atoms with van der Waals surface area (Å²) in [6, 6.07) is 0.494. The minimum absolute atomic E-state index is 0.401. The van der Waals surface area contributed by atoms with Gasteiger partial charge in [-0.15, -0.1) is 0 Å². The molecule has 5 heteroatoms. The van der Waals surface area contributed by atoms with Gasteiger partial charge in [-0.2, -0.15) is 9.78 Å². The van der Waals surface area contributed by atoms with Gasteiger partial charge in [-0.25, -0.2) is 4.79 Å². The Hall–Kier alpha value is -1.36. The van der Waals surface area contributed by atoms with Crippen LogP contribution in [0.25, 0.3) is 0 Å². The molecule has 19 heavy (non-hydrogen) atoms. The lowest BCUT2D eigenvalue weighted by molar-refractivity contribution is 0.0514. The first-order chi connectivity index (χ1) is 8.89. The van der Waals surface area contributed by atoms with Gasteiger partial charge in [0.25, 0.3) is 0 Å². The predicted octanol–water partition coefficient (Wildman–Crippen LogP) is 2.13. The van der Waals surface area contributed by atoms with Gasteiger partial charge in [0.1, 0.15) is 5.60 Å². The van der Waals surface area contributed by atoms with Gasteiger partial charge in [-0.3, -0.25) is 0 Å². The summed E-state index contributed by atoms with van der Waals surface area (Å²) in [5.41, 5.74) is 1.69. The summed E-state index contributed by atoms with van der Waals surface area (Å²) in [6.45, 7) is 8.65. The van der Waals surface area contributed by atoms with Crippen molar-refractivity contribution in [3.05, 3.63) is 17.5 Å². The van der Waals surface area contributed by atoms with Crippen molar-refractivity contribution in [3.8, 4) is 0 Å². The normalized spacial score (nSPS) is 19.1. The monoisotopic (exact) mass is 265 g/mol. The number of hydrogen-bond donors (Lipinski definition) is 1. The zero-order chi connectivity index (χ0) is 14.0. The van der Waals surface area contributed by atoms with E-state index in [-0.39, 0.29) is 0 Å². The molecule has 0 saturated heterocycles. The third kappa shape index (κ3) is 3.56. The van der Waals surface area contributed by atoms with Gasteiger partial charge in [-0.1, -0.05) is 6.92 Å². The third-order valence-electron chi connectivity index (χ3n) is 3.15. The van der Waals surface area contributed by atoms with Gasteiger partial charge < -0.3 is 10.1 Å². The van der Waals surface area contributed by atoms with Crippen LogP contribution in [0.5, 0.6) is 0 Å². The van der Waals surface area contributed by atoms with E-state index in [9.17, 15) is 4.79 Å². The molecular weight excluding hydrogens is 242 g/mol. The van der Waals surface area contributed by atoms with E-state index in [2.05, 4.69) is 17.3 Å². The molecule has 1 aliphatic carbocycles. The number of hydrogen-bond acceptors (Lipinski definition) is 4. The van der Waals surface area contributed by atoms with Crippen molar-refractivity contribution in [2.24, 2.45) is 0 Å². The van der Waals surface area contributed by atoms with E-state index < -0.39 is 11.7 Å². The Kier molecular flexibility index (Phi) is 3.94. The fourth-order valence-corrected chi connectivity index (χ4v) is 2.37. The van der Waals surface area contributed by atoms with Gasteiger partial charge in [0.15, 0.2) is 0 Å². The first-order valence-corrected chi connectivity index (χ1v) is 6.93. The smallest absolute Gasteiger partial charge is 0.435 e. The fraction of sp³-hybridized carbons (Fsp3) is 0.714. The van der Waals surface area contributed by atoms with Gasteiger partial charge in [0, 0.05) is 12.2 Å². The molecule has 0 aromatic carbocycles. The molecule has 5 nitrogen and oxygen atoms in total. The molecule has 1 aromatic heterocycles. The largest absolute Gasteiger partial charge is 0.442 e. The van der Waals surface area contributed by atoms with Crippen molar-refractivity contribution >= 4 is 6.09 Å². The van der Waals surface area contributed by atoms with Crippen LogP contribution in [0.2, 0.25) is 0 Å². The standard InChI is InChI=1S/C14H23N3O2/c1-5-15-11-6-7-12-10(8-11)9-17(16-12)13(18)19-14(2,3)4/h9,11,15H,5-8H2,1-4H3. The number of nitrogens with one attached hydrogen (secondary N) is 1. The van der Waals surface area contributed by atoms with Crippen LogP contribution < -0.4 is 5.32 Å². The van der Waals surface area contributed by atoms with E-state index in [4.69, 9.17) is 4.74 Å². The summed E-state index contributed by atoms with van der Waals surface area (Å²) in [6.07, 6.45) is 4.34. The number of carbonyl (C=O) groups is 1. The second-order valence-electron chi connectivity index (χ2n) is 6.02. The summed E-state index contributed by atoms with van der Waals surface area (Å²) in [5.74, 6) is 0. The lowest BCUT2D eigenvalue weighted by Crippen LogP contribution is -2.33. The SMILES string of the molecule is CCNC1CCc2nn(C(=O)OC(C)(C)C)cc2C1. The van der Waals surface area contributed by atoms with Crippen LogP contribution in [0, 0.1) is 0 Å². The van der Waals surface area contributed by atoms with Crippen LogP contribution in [-0.4, -0.2) is 34.1 Å². The van der Waals surface area contributed by atoms with Crippen molar-refractivity contribution in [1.82, 2.24) is 15.1 Å². The Morgan fingerprint density at radius 2 is 2.32 bits per heavy atom. The summed E-state index contributed by atoms with van der Waals surface area (Å²) in [4.78, 5) is 11.9. The Morgan fingerprint density at radius 1 is 1.58 bits per heavy atom. The molecule has 0 radical (unpaired) electrons. The highest BCUT2D eigenvalue weighted by molar-refractivity contribution is 5.70. The second kappa shape index (κ2) is 5.33. The van der Waals surface area contributed by atoms with E-state index in [1.165, 1.54) is 4.68 Å². The molecule has 106 valence electrons. The Labute approximate surface area is 114 Å². The van der Waals surface area contributed by atoms with Crippen molar-refractivity contribution in [2.75, 3.05) is 6.54 Å². The number of likely N-dealkylation sites (N-methyl/N-ethyl adjacent to an activating group) is 1. The Balaban J connectivity index is 2.08. The fourth-order valence-electron chi connectivity index (χ4n) is 2.37. The van der Waals surface area contributed by atoms with E-state index in [1.807, 2.05) is 27.0 Å². The van der Waals surface area contributed by atoms with Crippen molar-refractivity contribution in [2.45, 2.75) is 58.6 Å². The molecule has 0 bridgehead atoms. The van der Waals surface area contributed by atoms with Crippen LogP contribution in [0.3, 0.4) is 0 Å². The van der Waals surface area contributed by atoms with E-state index >= 15 is 0 Å². The van der Waals surface area contributed by atoms with Crippen LogP contribution in [0.1, 0.15) is 45.4 Å². The third-order valence-corrected chi connectivity index (χ3v) is 3.15. The average molecular weight is 265 g/mol. The molecule has 1 unspecified atom stereocenters. The maximum atomic E-state index is 11.9. The van der Waals surface area contributed by atoms with Crippen molar-refractivity contribution in [3.63, 3.8) is 0 Å². The maximum absolute atomic E-state index is 11.9. The molecule has 0 aliphatic heterocycles. The highest BCUT2D eigenvalue weighted by atomic mass is 16.6. The summed E-state index contributed by atoms with van der Waals surface area (Å²) >= 11 is 0. The van der Waals surface area contributed by atoms with E-state index in [0.717, 1.165) is 37.1 Å². The summed E-state index contributed by atoms with van der Waals surface area (Å²) in [5, 5.41) is 7.79. The lowest BCUT2D eigenvalue weighted by Gasteiger charge is -2.21. The molecule has 1 heterocycles. The number of rotatable bonds is 2. The number of aryl methyl sites for hydroxylation is 1. The maximum Gasteiger partial charge on any atom is 0.435 e. The zero-order valence-electron chi connectivity index (χ0n) is 12.2. The van der Waals surface area contributed by atoms with Crippen LogP contribution in [0.15, 0.2) is 6.20 Å². The minimum Gasteiger partial charge on any atom is -0.442 e. The van der Waals surface area contributed by atoms with Crippen molar-refractivity contribution in [1.29, 1.82) is 0 Å². The molecule has 0 saturated carbocycles. The first-order valence-electron chi connectivity index (χ1n) is 6.93. The second-order valence-corrected chi connectivity index (χ2v) is 6.02. The molecule has 1 atom stereocenters. The molecule has 1 aliphatic rings.